The van der Waals surface area contributed by atoms with Crippen LogP contribution < -0.4 is 4.72 Å². The largest absolute Gasteiger partial charge is 0.335 e. The Labute approximate surface area is 143 Å². The zero-order valence-electron chi connectivity index (χ0n) is 13.6. The first kappa shape index (κ1) is 16.1. The summed E-state index contributed by atoms with van der Waals surface area (Å²) in [4.78, 5) is 14.8. The molecule has 2 saturated heterocycles. The Hall–Kier alpha value is -1.44. The molecular formula is C17H23N3O3S. The maximum atomic E-state index is 12.8. The fraction of sp³-hybridized carbons (Fsp3) is 0.588. The first-order valence-electron chi connectivity index (χ1n) is 8.67. The second-order valence-corrected chi connectivity index (χ2v) is 8.83. The summed E-state index contributed by atoms with van der Waals surface area (Å²) in [7, 11) is -3.33. The molecule has 24 heavy (non-hydrogen) atoms. The van der Waals surface area contributed by atoms with Gasteiger partial charge in [-0.2, -0.15) is 12.7 Å². The Morgan fingerprint density at radius 2 is 2.00 bits per heavy atom. The van der Waals surface area contributed by atoms with Gasteiger partial charge in [0.25, 0.3) is 16.1 Å². The highest BCUT2D eigenvalue weighted by molar-refractivity contribution is 7.87. The molecule has 0 aromatic heterocycles. The standard InChI is InChI=1S/C17H23N3O3S/c21-17(20-12-14-2-1-3-16(20)10-14)15-6-4-13(5-7-15)11-19-9-8-18-24(19,22)23/h4-7,14,16,18H,1-3,8-12H2. The van der Waals surface area contributed by atoms with Crippen LogP contribution >= 0.6 is 0 Å². The smallest absolute Gasteiger partial charge is 0.279 e. The van der Waals surface area contributed by atoms with Gasteiger partial charge in [0.2, 0.25) is 0 Å². The van der Waals surface area contributed by atoms with Crippen LogP contribution in [0.3, 0.4) is 0 Å². The molecule has 6 nitrogen and oxygen atoms in total. The van der Waals surface area contributed by atoms with Crippen molar-refractivity contribution in [2.24, 2.45) is 5.92 Å². The molecule has 3 aliphatic rings. The average Bonchev–Trinajstić information content (AvgIpc) is 3.06. The van der Waals surface area contributed by atoms with Gasteiger partial charge in [-0.1, -0.05) is 18.6 Å². The highest BCUT2D eigenvalue weighted by Gasteiger charge is 2.37. The normalized spacial score (nSPS) is 29.1. The third-order valence-corrected chi connectivity index (χ3v) is 7.02. The lowest BCUT2D eigenvalue weighted by molar-refractivity contribution is 0.0733. The number of hydrogen-bond acceptors (Lipinski definition) is 3. The minimum absolute atomic E-state index is 0.117. The number of benzene rings is 1. The van der Waals surface area contributed by atoms with Gasteiger partial charge in [0.15, 0.2) is 0 Å². The van der Waals surface area contributed by atoms with Gasteiger partial charge in [0.05, 0.1) is 0 Å². The van der Waals surface area contributed by atoms with Crippen LogP contribution in [0.5, 0.6) is 0 Å². The van der Waals surface area contributed by atoms with Gasteiger partial charge >= 0.3 is 0 Å². The summed E-state index contributed by atoms with van der Waals surface area (Å²) in [5.41, 5.74) is 1.60. The van der Waals surface area contributed by atoms with Crippen LogP contribution in [0.4, 0.5) is 0 Å². The number of carbonyl (C=O) groups excluding carboxylic acids is 1. The van der Waals surface area contributed by atoms with Crippen LogP contribution in [0.2, 0.25) is 0 Å². The zero-order valence-corrected chi connectivity index (χ0v) is 14.5. The van der Waals surface area contributed by atoms with E-state index in [1.807, 2.05) is 29.2 Å². The molecule has 2 bridgehead atoms. The number of nitrogens with one attached hydrogen (secondary N) is 1. The second-order valence-electron chi connectivity index (χ2n) is 7.07. The van der Waals surface area contributed by atoms with E-state index in [9.17, 15) is 13.2 Å². The molecule has 1 aromatic carbocycles. The second kappa shape index (κ2) is 6.13. The van der Waals surface area contributed by atoms with Crippen LogP contribution in [-0.4, -0.2) is 49.2 Å². The van der Waals surface area contributed by atoms with Crippen molar-refractivity contribution >= 4 is 16.1 Å². The maximum absolute atomic E-state index is 12.8. The molecule has 1 aliphatic carbocycles. The summed E-state index contributed by atoms with van der Waals surface area (Å²) in [6.45, 7) is 2.18. The van der Waals surface area contributed by atoms with Crippen LogP contribution in [0.15, 0.2) is 24.3 Å². The summed E-state index contributed by atoms with van der Waals surface area (Å²) in [5, 5.41) is 0. The van der Waals surface area contributed by atoms with Crippen molar-refractivity contribution in [3.63, 3.8) is 0 Å². The Morgan fingerprint density at radius 1 is 1.21 bits per heavy atom. The van der Waals surface area contributed by atoms with Crippen LogP contribution in [-0.2, 0) is 16.8 Å². The van der Waals surface area contributed by atoms with E-state index in [0.29, 0.717) is 37.2 Å². The average molecular weight is 349 g/mol. The van der Waals surface area contributed by atoms with E-state index >= 15 is 0 Å². The van der Waals surface area contributed by atoms with E-state index < -0.39 is 10.2 Å². The molecule has 0 radical (unpaired) electrons. The number of hydrogen-bond donors (Lipinski definition) is 1. The van der Waals surface area contributed by atoms with Crippen molar-refractivity contribution in [3.8, 4) is 0 Å². The predicted octanol–water partition coefficient (Wildman–Crippen LogP) is 1.35. The highest BCUT2D eigenvalue weighted by atomic mass is 32.2. The number of nitrogens with zero attached hydrogens (tertiary/aromatic N) is 2. The van der Waals surface area contributed by atoms with Gasteiger partial charge in [-0.15, -0.1) is 0 Å². The summed E-state index contributed by atoms with van der Waals surface area (Å²) < 4.78 is 27.5. The third-order valence-electron chi connectivity index (χ3n) is 5.46. The number of carbonyl (C=O) groups is 1. The Morgan fingerprint density at radius 3 is 2.67 bits per heavy atom. The van der Waals surface area contributed by atoms with Crippen LogP contribution in [0.25, 0.3) is 0 Å². The van der Waals surface area contributed by atoms with Crippen molar-refractivity contribution in [1.29, 1.82) is 0 Å². The summed E-state index contributed by atoms with van der Waals surface area (Å²) in [6.07, 6.45) is 4.76. The molecule has 1 saturated carbocycles. The monoisotopic (exact) mass is 349 g/mol. The lowest BCUT2D eigenvalue weighted by Crippen LogP contribution is -2.35. The van der Waals surface area contributed by atoms with Gasteiger partial charge < -0.3 is 4.90 Å². The van der Waals surface area contributed by atoms with E-state index in [2.05, 4.69) is 4.72 Å². The Balaban J connectivity index is 1.45. The van der Waals surface area contributed by atoms with Gasteiger partial charge in [-0.3, -0.25) is 4.79 Å². The van der Waals surface area contributed by atoms with E-state index in [4.69, 9.17) is 0 Å². The van der Waals surface area contributed by atoms with E-state index in [1.54, 1.807) is 0 Å². The minimum Gasteiger partial charge on any atom is -0.335 e. The van der Waals surface area contributed by atoms with Crippen LogP contribution in [0.1, 0.15) is 41.6 Å². The van der Waals surface area contributed by atoms with Crippen molar-refractivity contribution in [2.45, 2.75) is 38.3 Å². The predicted molar refractivity (Wildman–Crippen MR) is 90.6 cm³/mol. The van der Waals surface area contributed by atoms with Gasteiger partial charge in [0, 0.05) is 37.8 Å². The first-order chi connectivity index (χ1) is 11.5. The molecule has 2 heterocycles. The molecule has 2 unspecified atom stereocenters. The molecule has 2 aliphatic heterocycles. The van der Waals surface area contributed by atoms with Crippen molar-refractivity contribution in [2.75, 3.05) is 19.6 Å². The molecule has 3 fully saturated rings. The van der Waals surface area contributed by atoms with E-state index in [-0.39, 0.29) is 5.91 Å². The minimum atomic E-state index is -3.33. The summed E-state index contributed by atoms with van der Waals surface area (Å²) in [5.74, 6) is 0.797. The van der Waals surface area contributed by atoms with Crippen molar-refractivity contribution < 1.29 is 13.2 Å². The molecule has 1 aromatic rings. The molecule has 4 rings (SSSR count). The van der Waals surface area contributed by atoms with Gasteiger partial charge in [0.1, 0.15) is 0 Å². The molecule has 130 valence electrons. The van der Waals surface area contributed by atoms with Crippen molar-refractivity contribution in [1.82, 2.24) is 13.9 Å². The number of rotatable bonds is 3. The van der Waals surface area contributed by atoms with E-state index in [0.717, 1.165) is 24.9 Å². The van der Waals surface area contributed by atoms with Gasteiger partial charge in [-0.25, -0.2) is 4.72 Å². The molecular weight excluding hydrogens is 326 g/mol. The Kier molecular flexibility index (Phi) is 4.10. The fourth-order valence-corrected chi connectivity index (χ4v) is 5.37. The zero-order chi connectivity index (χ0) is 16.7. The highest BCUT2D eigenvalue weighted by Crippen LogP contribution is 2.36. The first-order valence-corrected chi connectivity index (χ1v) is 10.1. The van der Waals surface area contributed by atoms with Gasteiger partial charge in [-0.05, 0) is 42.9 Å². The SMILES string of the molecule is O=C(c1ccc(CN2CCNS2(=O)=O)cc1)N1CC2CCCC1C2. The number of likely N-dealkylation sites (tertiary alicyclic amines) is 1. The third kappa shape index (κ3) is 2.96. The summed E-state index contributed by atoms with van der Waals surface area (Å²) >= 11 is 0. The molecule has 1 N–H and O–H groups in total. The lowest BCUT2D eigenvalue weighted by Gasteiger charge is -2.24. The maximum Gasteiger partial charge on any atom is 0.279 e. The lowest BCUT2D eigenvalue weighted by atomic mass is 9.90. The fourth-order valence-electron chi connectivity index (χ4n) is 4.18. The quantitative estimate of drug-likeness (QED) is 0.896. The number of amides is 1. The van der Waals surface area contributed by atoms with Crippen LogP contribution in [0, 0.1) is 5.92 Å². The molecule has 7 heteroatoms. The van der Waals surface area contributed by atoms with Crippen molar-refractivity contribution in [3.05, 3.63) is 35.4 Å². The molecule has 0 spiro atoms. The molecule has 1 amide bonds. The molecule has 2 atom stereocenters. The summed E-state index contributed by atoms with van der Waals surface area (Å²) in [6, 6.07) is 7.80. The Bertz CT molecular complexity index is 732. The topological polar surface area (TPSA) is 69.7 Å². The van der Waals surface area contributed by atoms with E-state index in [1.165, 1.54) is 17.1 Å². The number of fused-ring (bicyclic) bond motifs is 2.